The zero-order chi connectivity index (χ0) is 19.9. The molecule has 0 radical (unpaired) electrons. The molecule has 7 heteroatoms. The molecule has 1 aliphatic rings. The molecule has 2 aromatic heterocycles. The number of nitrogens with one attached hydrogen (secondary N) is 1. The monoisotopic (exact) mass is 415 g/mol. The van der Waals surface area contributed by atoms with Crippen molar-refractivity contribution in [2.45, 2.75) is 26.3 Å². The number of amides is 2. The predicted octanol–water partition coefficient (Wildman–Crippen LogP) is 3.79. The molecule has 0 saturated carbocycles. The lowest BCUT2D eigenvalue weighted by atomic mass is 10.1. The fraction of sp³-hybridized carbons (Fsp3) is 0.429. The Morgan fingerprint density at radius 2 is 1.75 bits per heavy atom. The first-order valence-corrected chi connectivity index (χ1v) is 11.2. The summed E-state index contributed by atoms with van der Waals surface area (Å²) in [6.07, 6.45) is 0. The van der Waals surface area contributed by atoms with Gasteiger partial charge in [0.1, 0.15) is 0 Å². The van der Waals surface area contributed by atoms with E-state index in [1.807, 2.05) is 37.8 Å². The molecule has 5 nitrogen and oxygen atoms in total. The van der Waals surface area contributed by atoms with E-state index in [9.17, 15) is 9.59 Å². The van der Waals surface area contributed by atoms with Crippen LogP contribution in [-0.2, 0) is 4.79 Å². The van der Waals surface area contributed by atoms with Gasteiger partial charge in [-0.15, -0.1) is 22.7 Å². The second-order valence-electron chi connectivity index (χ2n) is 8.27. The maximum absolute atomic E-state index is 13.0. The Morgan fingerprint density at radius 1 is 1.04 bits per heavy atom. The van der Waals surface area contributed by atoms with Crippen LogP contribution >= 0.6 is 22.7 Å². The van der Waals surface area contributed by atoms with Gasteiger partial charge >= 0.3 is 0 Å². The molecule has 3 aromatic rings. The number of nitrogens with zero attached hydrogens (tertiary/aromatic N) is 2. The van der Waals surface area contributed by atoms with Crippen molar-refractivity contribution in [2.75, 3.05) is 32.7 Å². The fourth-order valence-corrected chi connectivity index (χ4v) is 6.02. The van der Waals surface area contributed by atoms with Crippen molar-refractivity contribution in [3.05, 3.63) is 35.2 Å². The minimum absolute atomic E-state index is 0.0395. The second-order valence-corrected chi connectivity index (χ2v) is 10.4. The van der Waals surface area contributed by atoms with Crippen LogP contribution in [0.2, 0.25) is 0 Å². The van der Waals surface area contributed by atoms with Crippen LogP contribution in [0.25, 0.3) is 19.5 Å². The first-order valence-electron chi connectivity index (χ1n) is 9.54. The van der Waals surface area contributed by atoms with Crippen LogP contribution in [-0.4, -0.2) is 59.9 Å². The van der Waals surface area contributed by atoms with Gasteiger partial charge < -0.3 is 10.2 Å². The van der Waals surface area contributed by atoms with E-state index >= 15 is 0 Å². The predicted molar refractivity (Wildman–Crippen MR) is 117 cm³/mol. The average molecular weight is 416 g/mol. The van der Waals surface area contributed by atoms with Crippen molar-refractivity contribution in [3.8, 4) is 0 Å². The standard InChI is InChI=1S/C21H25N3O2S2/c1-21(2,3)22-18(25)13-23-8-10-24(11-9-23)20(26)17-12-16-19(28-17)14-6-4-5-7-15(14)27-16/h4-7,12H,8-11,13H2,1-3H3,(H,22,25). The quantitative estimate of drug-likeness (QED) is 0.708. The topological polar surface area (TPSA) is 52.7 Å². The van der Waals surface area contributed by atoms with Crippen molar-refractivity contribution in [2.24, 2.45) is 0 Å². The van der Waals surface area contributed by atoms with Gasteiger partial charge in [0.25, 0.3) is 5.91 Å². The highest BCUT2D eigenvalue weighted by Crippen LogP contribution is 2.39. The third-order valence-corrected chi connectivity index (χ3v) is 7.20. The van der Waals surface area contributed by atoms with E-state index < -0.39 is 0 Å². The molecule has 3 heterocycles. The smallest absolute Gasteiger partial charge is 0.264 e. The molecule has 1 saturated heterocycles. The number of hydrogen-bond donors (Lipinski definition) is 1. The molecule has 1 aliphatic heterocycles. The van der Waals surface area contributed by atoms with Crippen molar-refractivity contribution in [1.82, 2.24) is 15.1 Å². The number of rotatable bonds is 3. The Hall–Kier alpha value is -1.96. The van der Waals surface area contributed by atoms with E-state index in [1.54, 1.807) is 22.7 Å². The zero-order valence-electron chi connectivity index (χ0n) is 16.4. The van der Waals surface area contributed by atoms with E-state index in [2.05, 4.69) is 28.4 Å². The summed E-state index contributed by atoms with van der Waals surface area (Å²) in [6, 6.07) is 10.4. The highest BCUT2D eigenvalue weighted by molar-refractivity contribution is 7.33. The van der Waals surface area contributed by atoms with Crippen molar-refractivity contribution < 1.29 is 9.59 Å². The molecular weight excluding hydrogens is 390 g/mol. The summed E-state index contributed by atoms with van der Waals surface area (Å²) in [5, 5.41) is 4.23. The van der Waals surface area contributed by atoms with Crippen LogP contribution in [0.3, 0.4) is 0 Å². The molecule has 0 spiro atoms. The molecule has 28 heavy (non-hydrogen) atoms. The first-order chi connectivity index (χ1) is 13.3. The maximum Gasteiger partial charge on any atom is 0.264 e. The SMILES string of the molecule is CC(C)(C)NC(=O)CN1CCN(C(=O)c2cc3sc4ccccc4c3s2)CC1. The summed E-state index contributed by atoms with van der Waals surface area (Å²) in [6.45, 7) is 9.11. The highest BCUT2D eigenvalue weighted by Gasteiger charge is 2.25. The summed E-state index contributed by atoms with van der Waals surface area (Å²) in [4.78, 5) is 29.9. The van der Waals surface area contributed by atoms with Crippen LogP contribution in [0.15, 0.2) is 30.3 Å². The number of hydrogen-bond acceptors (Lipinski definition) is 5. The lowest BCUT2D eigenvalue weighted by Crippen LogP contribution is -2.52. The number of thiophene rings is 2. The molecule has 0 unspecified atom stereocenters. The molecular formula is C21H25N3O2S2. The molecule has 1 N–H and O–H groups in total. The Kier molecular flexibility index (Phi) is 5.16. The van der Waals surface area contributed by atoms with Gasteiger partial charge in [-0.2, -0.15) is 0 Å². The molecule has 1 aromatic carbocycles. The summed E-state index contributed by atoms with van der Waals surface area (Å²) >= 11 is 3.34. The van der Waals surface area contributed by atoms with Crippen LogP contribution < -0.4 is 5.32 Å². The highest BCUT2D eigenvalue weighted by atomic mass is 32.1. The summed E-state index contributed by atoms with van der Waals surface area (Å²) < 4.78 is 3.67. The Morgan fingerprint density at radius 3 is 2.46 bits per heavy atom. The molecule has 0 bridgehead atoms. The summed E-state index contributed by atoms with van der Waals surface area (Å²) in [5.74, 6) is 0.147. The third-order valence-electron chi connectivity index (χ3n) is 4.80. The van der Waals surface area contributed by atoms with E-state index in [1.165, 1.54) is 19.5 Å². The van der Waals surface area contributed by atoms with Gasteiger partial charge in [0.15, 0.2) is 0 Å². The lowest BCUT2D eigenvalue weighted by molar-refractivity contribution is -0.124. The third kappa shape index (κ3) is 4.06. The Labute approximate surface area is 172 Å². The van der Waals surface area contributed by atoms with E-state index in [-0.39, 0.29) is 17.4 Å². The van der Waals surface area contributed by atoms with Crippen LogP contribution in [0.1, 0.15) is 30.4 Å². The zero-order valence-corrected chi connectivity index (χ0v) is 18.1. The molecule has 0 atom stereocenters. The second kappa shape index (κ2) is 7.46. The van der Waals surface area contributed by atoms with Gasteiger partial charge in [-0.3, -0.25) is 14.5 Å². The number of piperazine rings is 1. The Bertz CT molecular complexity index is 1020. The molecule has 1 fully saturated rings. The van der Waals surface area contributed by atoms with Crippen LogP contribution in [0.4, 0.5) is 0 Å². The van der Waals surface area contributed by atoms with Gasteiger partial charge in [-0.1, -0.05) is 18.2 Å². The molecule has 0 aliphatic carbocycles. The molecule has 2 amide bonds. The van der Waals surface area contributed by atoms with Gasteiger partial charge in [0, 0.05) is 46.5 Å². The van der Waals surface area contributed by atoms with Crippen molar-refractivity contribution >= 4 is 54.0 Å². The minimum Gasteiger partial charge on any atom is -0.350 e. The molecule has 4 rings (SSSR count). The summed E-state index contributed by atoms with van der Waals surface area (Å²) in [5.41, 5.74) is -0.217. The van der Waals surface area contributed by atoms with Gasteiger partial charge in [-0.25, -0.2) is 0 Å². The largest absolute Gasteiger partial charge is 0.350 e. The summed E-state index contributed by atoms with van der Waals surface area (Å²) in [7, 11) is 0. The number of fused-ring (bicyclic) bond motifs is 3. The number of benzene rings is 1. The maximum atomic E-state index is 13.0. The lowest BCUT2D eigenvalue weighted by Gasteiger charge is -2.34. The van der Waals surface area contributed by atoms with E-state index in [0.29, 0.717) is 19.6 Å². The van der Waals surface area contributed by atoms with Crippen molar-refractivity contribution in [1.29, 1.82) is 0 Å². The number of carbonyl (C=O) groups is 2. The van der Waals surface area contributed by atoms with E-state index in [4.69, 9.17) is 0 Å². The van der Waals surface area contributed by atoms with E-state index in [0.717, 1.165) is 18.0 Å². The van der Waals surface area contributed by atoms with Gasteiger partial charge in [0.05, 0.1) is 16.1 Å². The fourth-order valence-electron chi connectivity index (χ4n) is 3.53. The molecule has 148 valence electrons. The minimum atomic E-state index is -0.217. The normalized spacial score (nSPS) is 16.0. The van der Waals surface area contributed by atoms with Crippen LogP contribution in [0.5, 0.6) is 0 Å². The van der Waals surface area contributed by atoms with Crippen molar-refractivity contribution in [3.63, 3.8) is 0 Å². The first kappa shape index (κ1) is 19.4. The van der Waals surface area contributed by atoms with Gasteiger partial charge in [0.2, 0.25) is 5.91 Å². The number of carbonyl (C=O) groups excluding carboxylic acids is 2. The Balaban J connectivity index is 1.39. The average Bonchev–Trinajstić information content (AvgIpc) is 3.18. The van der Waals surface area contributed by atoms with Crippen LogP contribution in [0, 0.1) is 0 Å². The van der Waals surface area contributed by atoms with Gasteiger partial charge in [-0.05, 0) is 32.9 Å².